The summed E-state index contributed by atoms with van der Waals surface area (Å²) in [4.78, 5) is 4.33. The molecule has 0 saturated carbocycles. The lowest BCUT2D eigenvalue weighted by atomic mass is 10.3. The monoisotopic (exact) mass is 247 g/mol. The van der Waals surface area contributed by atoms with Crippen LogP contribution in [0.5, 0.6) is 5.88 Å². The smallest absolute Gasteiger partial charge is 0.213 e. The minimum Gasteiger partial charge on any atom is -0.481 e. The lowest BCUT2D eigenvalue weighted by molar-refractivity contribution is 0.395. The number of aromatic nitrogens is 4. The molecule has 0 radical (unpaired) electrons. The fraction of sp³-hybridized carbons (Fsp3) is 0.417. The molecule has 0 fully saturated rings. The normalized spacial score (nSPS) is 10.6. The van der Waals surface area contributed by atoms with Crippen molar-refractivity contribution in [3.05, 3.63) is 36.0 Å². The summed E-state index contributed by atoms with van der Waals surface area (Å²) in [6.45, 7) is 4.29. The first-order valence-corrected chi connectivity index (χ1v) is 5.90. The van der Waals surface area contributed by atoms with Crippen molar-refractivity contribution in [1.29, 1.82) is 0 Å². The third-order valence-corrected chi connectivity index (χ3v) is 2.62. The SMILES string of the molecule is CCn1cnnc1CNCc1cccc(OC)n1. The van der Waals surface area contributed by atoms with Crippen LogP contribution in [0.15, 0.2) is 24.5 Å². The Labute approximate surface area is 106 Å². The minimum absolute atomic E-state index is 0.631. The van der Waals surface area contributed by atoms with E-state index in [0.717, 1.165) is 18.1 Å². The van der Waals surface area contributed by atoms with Crippen LogP contribution >= 0.6 is 0 Å². The van der Waals surface area contributed by atoms with Crippen molar-refractivity contribution >= 4 is 0 Å². The van der Waals surface area contributed by atoms with Gasteiger partial charge in [0.1, 0.15) is 12.2 Å². The van der Waals surface area contributed by atoms with Gasteiger partial charge in [0.25, 0.3) is 0 Å². The molecule has 1 N–H and O–H groups in total. The number of nitrogens with zero attached hydrogens (tertiary/aromatic N) is 4. The Bertz CT molecular complexity index is 497. The van der Waals surface area contributed by atoms with Gasteiger partial charge in [-0.3, -0.25) is 0 Å². The van der Waals surface area contributed by atoms with Crippen molar-refractivity contribution < 1.29 is 4.74 Å². The molecule has 0 aromatic carbocycles. The number of hydrogen-bond donors (Lipinski definition) is 1. The molecular formula is C12H17N5O. The number of pyridine rings is 1. The van der Waals surface area contributed by atoms with Gasteiger partial charge in [-0.25, -0.2) is 4.98 Å². The summed E-state index contributed by atoms with van der Waals surface area (Å²) >= 11 is 0. The van der Waals surface area contributed by atoms with Crippen molar-refractivity contribution in [2.24, 2.45) is 0 Å². The molecule has 0 amide bonds. The minimum atomic E-state index is 0.631. The third-order valence-electron chi connectivity index (χ3n) is 2.62. The second-order valence-corrected chi connectivity index (χ2v) is 3.81. The summed E-state index contributed by atoms with van der Waals surface area (Å²) in [5, 5.41) is 11.2. The summed E-state index contributed by atoms with van der Waals surface area (Å²) in [7, 11) is 1.61. The van der Waals surface area contributed by atoms with E-state index in [1.54, 1.807) is 13.4 Å². The van der Waals surface area contributed by atoms with E-state index in [9.17, 15) is 0 Å². The summed E-state index contributed by atoms with van der Waals surface area (Å²) in [6.07, 6.45) is 1.74. The lowest BCUT2D eigenvalue weighted by Gasteiger charge is -2.06. The summed E-state index contributed by atoms with van der Waals surface area (Å²) < 4.78 is 7.08. The highest BCUT2D eigenvalue weighted by Gasteiger charge is 2.02. The molecule has 2 heterocycles. The average Bonchev–Trinajstić information content (AvgIpc) is 2.86. The molecule has 6 heteroatoms. The fourth-order valence-corrected chi connectivity index (χ4v) is 1.65. The standard InChI is InChI=1S/C12H17N5O/c1-3-17-9-14-16-11(17)8-13-7-10-5-4-6-12(15-10)18-2/h4-6,9,13H,3,7-8H2,1-2H3. The average molecular weight is 247 g/mol. The van der Waals surface area contributed by atoms with Gasteiger partial charge in [-0.2, -0.15) is 0 Å². The van der Waals surface area contributed by atoms with E-state index in [1.165, 1.54) is 0 Å². The Morgan fingerprint density at radius 1 is 1.33 bits per heavy atom. The quantitative estimate of drug-likeness (QED) is 0.824. The van der Waals surface area contributed by atoms with Crippen molar-refractivity contribution in [3.8, 4) is 5.88 Å². The topological polar surface area (TPSA) is 64.9 Å². The van der Waals surface area contributed by atoms with E-state index in [1.807, 2.05) is 22.8 Å². The van der Waals surface area contributed by atoms with Gasteiger partial charge in [0.05, 0.1) is 19.3 Å². The molecule has 0 unspecified atom stereocenters. The van der Waals surface area contributed by atoms with Crippen LogP contribution in [-0.4, -0.2) is 26.9 Å². The van der Waals surface area contributed by atoms with Gasteiger partial charge in [0.15, 0.2) is 0 Å². The highest BCUT2D eigenvalue weighted by atomic mass is 16.5. The number of nitrogens with one attached hydrogen (secondary N) is 1. The highest BCUT2D eigenvalue weighted by Crippen LogP contribution is 2.06. The van der Waals surface area contributed by atoms with E-state index >= 15 is 0 Å². The largest absolute Gasteiger partial charge is 0.481 e. The Morgan fingerprint density at radius 2 is 2.22 bits per heavy atom. The predicted octanol–water partition coefficient (Wildman–Crippen LogP) is 0.991. The van der Waals surface area contributed by atoms with Crippen molar-refractivity contribution in [2.75, 3.05) is 7.11 Å². The summed E-state index contributed by atoms with van der Waals surface area (Å²) in [6, 6.07) is 5.72. The predicted molar refractivity (Wildman–Crippen MR) is 67.0 cm³/mol. The van der Waals surface area contributed by atoms with E-state index < -0.39 is 0 Å². The highest BCUT2D eigenvalue weighted by molar-refractivity contribution is 5.15. The molecule has 0 spiro atoms. The molecule has 0 aliphatic heterocycles. The van der Waals surface area contributed by atoms with Crippen LogP contribution < -0.4 is 10.1 Å². The zero-order valence-electron chi connectivity index (χ0n) is 10.6. The maximum absolute atomic E-state index is 5.08. The molecule has 0 aliphatic carbocycles. The van der Waals surface area contributed by atoms with Gasteiger partial charge in [-0.15, -0.1) is 10.2 Å². The summed E-state index contributed by atoms with van der Waals surface area (Å²) in [5.41, 5.74) is 0.942. The van der Waals surface area contributed by atoms with Crippen LogP contribution in [0, 0.1) is 0 Å². The van der Waals surface area contributed by atoms with Crippen molar-refractivity contribution in [1.82, 2.24) is 25.1 Å². The van der Waals surface area contributed by atoms with E-state index in [2.05, 4.69) is 27.4 Å². The molecule has 2 aromatic rings. The number of hydrogen-bond acceptors (Lipinski definition) is 5. The van der Waals surface area contributed by atoms with Gasteiger partial charge >= 0.3 is 0 Å². The molecule has 96 valence electrons. The van der Waals surface area contributed by atoms with E-state index in [4.69, 9.17) is 4.74 Å². The Balaban J connectivity index is 1.88. The van der Waals surface area contributed by atoms with Crippen LogP contribution in [-0.2, 0) is 19.6 Å². The maximum Gasteiger partial charge on any atom is 0.213 e. The van der Waals surface area contributed by atoms with Gasteiger partial charge < -0.3 is 14.6 Å². The maximum atomic E-state index is 5.08. The fourth-order valence-electron chi connectivity index (χ4n) is 1.65. The van der Waals surface area contributed by atoms with Crippen LogP contribution in [0.1, 0.15) is 18.4 Å². The lowest BCUT2D eigenvalue weighted by Crippen LogP contribution is -2.17. The Kier molecular flexibility index (Phi) is 4.25. The zero-order chi connectivity index (χ0) is 12.8. The molecule has 0 aliphatic rings. The number of aryl methyl sites for hydroxylation is 1. The van der Waals surface area contributed by atoms with Crippen LogP contribution in [0.3, 0.4) is 0 Å². The molecule has 18 heavy (non-hydrogen) atoms. The number of ether oxygens (including phenoxy) is 1. The molecule has 2 rings (SSSR count). The zero-order valence-corrected chi connectivity index (χ0v) is 10.6. The van der Waals surface area contributed by atoms with Crippen molar-refractivity contribution in [3.63, 3.8) is 0 Å². The number of methoxy groups -OCH3 is 1. The molecule has 6 nitrogen and oxygen atoms in total. The van der Waals surface area contributed by atoms with Crippen LogP contribution in [0.2, 0.25) is 0 Å². The third kappa shape index (κ3) is 3.04. The molecule has 0 bridgehead atoms. The van der Waals surface area contributed by atoms with Gasteiger partial charge in [-0.05, 0) is 13.0 Å². The van der Waals surface area contributed by atoms with Crippen LogP contribution in [0.25, 0.3) is 0 Å². The first kappa shape index (κ1) is 12.5. The Morgan fingerprint density at radius 3 is 3.00 bits per heavy atom. The second-order valence-electron chi connectivity index (χ2n) is 3.81. The second kappa shape index (κ2) is 6.11. The molecular weight excluding hydrogens is 230 g/mol. The van der Waals surface area contributed by atoms with Crippen molar-refractivity contribution in [2.45, 2.75) is 26.6 Å². The summed E-state index contributed by atoms with van der Waals surface area (Å²) in [5.74, 6) is 1.56. The Hall–Kier alpha value is -1.95. The first-order chi connectivity index (χ1) is 8.83. The van der Waals surface area contributed by atoms with Gasteiger partial charge in [0.2, 0.25) is 5.88 Å². The van der Waals surface area contributed by atoms with Gasteiger partial charge in [0, 0.05) is 19.2 Å². The molecule has 2 aromatic heterocycles. The molecule has 0 saturated heterocycles. The van der Waals surface area contributed by atoms with E-state index in [0.29, 0.717) is 19.0 Å². The van der Waals surface area contributed by atoms with Crippen LogP contribution in [0.4, 0.5) is 0 Å². The first-order valence-electron chi connectivity index (χ1n) is 5.90. The van der Waals surface area contributed by atoms with E-state index in [-0.39, 0.29) is 0 Å². The van der Waals surface area contributed by atoms with Gasteiger partial charge in [-0.1, -0.05) is 6.07 Å². The molecule has 0 atom stereocenters. The number of rotatable bonds is 6.